The van der Waals surface area contributed by atoms with Crippen molar-refractivity contribution in [3.8, 4) is 5.75 Å². The Bertz CT molecular complexity index is 522. The largest absolute Gasteiger partial charge is 0.483 e. The summed E-state index contributed by atoms with van der Waals surface area (Å²) in [5.74, 6) is 0.351. The highest BCUT2D eigenvalue weighted by Crippen LogP contribution is 2.08. The first-order valence-electron chi connectivity index (χ1n) is 4.81. The zero-order chi connectivity index (χ0) is 11.4. The molecule has 0 saturated heterocycles. The summed E-state index contributed by atoms with van der Waals surface area (Å²) < 4.78 is 6.23. The maximum atomic E-state index is 11.5. The van der Waals surface area contributed by atoms with Gasteiger partial charge in [-0.05, 0) is 40.3 Å². The van der Waals surface area contributed by atoms with Gasteiger partial charge in [-0.15, -0.1) is 0 Å². The average Bonchev–Trinajstić information content (AvgIpc) is 2.29. The van der Waals surface area contributed by atoms with E-state index in [0.717, 1.165) is 9.26 Å². The van der Waals surface area contributed by atoms with E-state index >= 15 is 0 Å². The molecule has 0 aliphatic heterocycles. The number of H-pyrrole nitrogens is 1. The summed E-state index contributed by atoms with van der Waals surface area (Å²) in [7, 11) is 0. The third-order valence-electron chi connectivity index (χ3n) is 2.07. The normalized spacial score (nSPS) is 10.1. The Kier molecular flexibility index (Phi) is 3.61. The minimum Gasteiger partial charge on any atom is -0.483 e. The average molecular weight is 327 g/mol. The molecule has 2 rings (SSSR count). The van der Waals surface area contributed by atoms with Crippen molar-refractivity contribution in [3.63, 3.8) is 0 Å². The number of rotatable bonds is 3. The Hall–Kier alpha value is -1.30. The Labute approximate surface area is 107 Å². The molecule has 0 atom stereocenters. The van der Waals surface area contributed by atoms with E-state index in [4.69, 9.17) is 4.74 Å². The second-order valence-corrected chi connectivity index (χ2v) is 4.44. The number of halogens is 1. The van der Waals surface area contributed by atoms with E-state index in [1.807, 2.05) is 36.4 Å². The zero-order valence-corrected chi connectivity index (χ0v) is 10.6. The molecule has 0 aliphatic carbocycles. The van der Waals surface area contributed by atoms with Gasteiger partial charge in [0.25, 0.3) is 5.56 Å². The van der Waals surface area contributed by atoms with E-state index < -0.39 is 0 Å². The summed E-state index contributed by atoms with van der Waals surface area (Å²) in [6.45, 7) is 0.407. The van der Waals surface area contributed by atoms with Crippen molar-refractivity contribution in [3.05, 3.63) is 62.1 Å². The summed E-state index contributed by atoms with van der Waals surface area (Å²) in [5, 5.41) is 0. The number of pyridine rings is 1. The van der Waals surface area contributed by atoms with Crippen molar-refractivity contribution >= 4 is 22.6 Å². The van der Waals surface area contributed by atoms with Crippen LogP contribution in [0.5, 0.6) is 5.75 Å². The Morgan fingerprint density at radius 3 is 2.56 bits per heavy atom. The highest BCUT2D eigenvalue weighted by molar-refractivity contribution is 14.1. The highest BCUT2D eigenvalue weighted by atomic mass is 127. The number of ether oxygens (including phenoxy) is 1. The summed E-state index contributed by atoms with van der Waals surface area (Å²) in [5.41, 5.74) is 0.850. The molecular formula is C12H10INO2. The fourth-order valence-electron chi connectivity index (χ4n) is 1.29. The molecule has 1 aromatic carbocycles. The second-order valence-electron chi connectivity index (χ2n) is 3.27. The van der Waals surface area contributed by atoms with Crippen LogP contribution in [-0.2, 0) is 6.61 Å². The molecule has 0 aliphatic rings. The van der Waals surface area contributed by atoms with Crippen LogP contribution in [0.4, 0.5) is 0 Å². The van der Waals surface area contributed by atoms with Crippen LogP contribution in [0.2, 0.25) is 0 Å². The van der Waals surface area contributed by atoms with Crippen molar-refractivity contribution in [2.75, 3.05) is 0 Å². The van der Waals surface area contributed by atoms with Crippen LogP contribution >= 0.6 is 22.6 Å². The van der Waals surface area contributed by atoms with Gasteiger partial charge in [0, 0.05) is 0 Å². The van der Waals surface area contributed by atoms with E-state index in [1.165, 1.54) is 0 Å². The second kappa shape index (κ2) is 5.16. The number of hydrogen-bond donors (Lipinski definition) is 1. The summed E-state index contributed by atoms with van der Waals surface area (Å²) in [6.07, 6.45) is 0. The molecule has 0 amide bonds. The fourth-order valence-corrected chi connectivity index (χ4v) is 1.71. The van der Waals surface area contributed by atoms with Gasteiger partial charge < -0.3 is 9.72 Å². The summed E-state index contributed by atoms with van der Waals surface area (Å²) in [6, 6.07) is 13.2. The van der Waals surface area contributed by atoms with Gasteiger partial charge in [-0.3, -0.25) is 4.79 Å². The number of nitrogens with one attached hydrogen (secondary N) is 1. The van der Waals surface area contributed by atoms with Crippen LogP contribution < -0.4 is 10.3 Å². The van der Waals surface area contributed by atoms with E-state index in [0.29, 0.717) is 12.4 Å². The Morgan fingerprint density at radius 2 is 1.88 bits per heavy atom. The third kappa shape index (κ3) is 2.85. The zero-order valence-electron chi connectivity index (χ0n) is 8.44. The Morgan fingerprint density at radius 1 is 1.12 bits per heavy atom. The van der Waals surface area contributed by atoms with Gasteiger partial charge in [-0.25, -0.2) is 0 Å². The predicted molar refractivity (Wildman–Crippen MR) is 70.6 cm³/mol. The predicted octanol–water partition coefficient (Wildman–Crippen LogP) is 2.56. The highest BCUT2D eigenvalue weighted by Gasteiger charge is 2.01. The molecule has 1 N–H and O–H groups in total. The molecule has 0 unspecified atom stereocenters. The molecule has 1 aromatic heterocycles. The minimum atomic E-state index is -0.192. The van der Waals surface area contributed by atoms with Gasteiger partial charge in [0.05, 0.1) is 3.70 Å². The van der Waals surface area contributed by atoms with Crippen molar-refractivity contribution in [2.45, 2.75) is 6.61 Å². The molecule has 0 bridgehead atoms. The first-order valence-corrected chi connectivity index (χ1v) is 5.89. The van der Waals surface area contributed by atoms with Crippen molar-refractivity contribution in [1.29, 1.82) is 0 Å². The van der Waals surface area contributed by atoms with E-state index in [1.54, 1.807) is 6.07 Å². The molecule has 2 aromatic rings. The van der Waals surface area contributed by atoms with E-state index in [2.05, 4.69) is 27.6 Å². The molecule has 82 valence electrons. The first kappa shape index (κ1) is 11.2. The lowest BCUT2D eigenvalue weighted by atomic mass is 10.2. The van der Waals surface area contributed by atoms with Gasteiger partial charge in [-0.1, -0.05) is 30.3 Å². The number of aromatic amines is 1. The van der Waals surface area contributed by atoms with Crippen molar-refractivity contribution < 1.29 is 4.74 Å². The maximum Gasteiger partial charge on any atom is 0.291 e. The van der Waals surface area contributed by atoms with E-state index in [9.17, 15) is 4.79 Å². The number of aromatic nitrogens is 1. The van der Waals surface area contributed by atoms with Gasteiger partial charge in [-0.2, -0.15) is 0 Å². The molecule has 0 saturated carbocycles. The quantitative estimate of drug-likeness (QED) is 0.695. The van der Waals surface area contributed by atoms with Crippen molar-refractivity contribution in [2.24, 2.45) is 0 Å². The van der Waals surface area contributed by atoms with Gasteiger partial charge >= 0.3 is 0 Å². The molecule has 1 heterocycles. The fraction of sp³-hybridized carbons (Fsp3) is 0.0833. The number of hydrogen-bond acceptors (Lipinski definition) is 2. The van der Waals surface area contributed by atoms with Gasteiger partial charge in [0.2, 0.25) is 0 Å². The number of benzene rings is 1. The summed E-state index contributed by atoms with van der Waals surface area (Å²) >= 11 is 2.05. The lowest BCUT2D eigenvalue weighted by Gasteiger charge is -2.04. The van der Waals surface area contributed by atoms with Crippen LogP contribution in [-0.4, -0.2) is 4.98 Å². The van der Waals surface area contributed by atoms with Gasteiger partial charge in [0.15, 0.2) is 5.75 Å². The lowest BCUT2D eigenvalue weighted by Crippen LogP contribution is -2.11. The topological polar surface area (TPSA) is 42.1 Å². The van der Waals surface area contributed by atoms with Crippen LogP contribution in [0.1, 0.15) is 5.56 Å². The molecule has 0 fully saturated rings. The molecule has 4 heteroatoms. The summed E-state index contributed by atoms with van der Waals surface area (Å²) in [4.78, 5) is 14.2. The van der Waals surface area contributed by atoms with Crippen LogP contribution in [0.25, 0.3) is 0 Å². The molecular weight excluding hydrogens is 317 g/mol. The van der Waals surface area contributed by atoms with Gasteiger partial charge in [0.1, 0.15) is 6.61 Å². The smallest absolute Gasteiger partial charge is 0.291 e. The molecule has 0 spiro atoms. The molecule has 0 radical (unpaired) electrons. The molecule has 3 nitrogen and oxygen atoms in total. The lowest BCUT2D eigenvalue weighted by molar-refractivity contribution is 0.301. The first-order chi connectivity index (χ1) is 7.75. The SMILES string of the molecule is O=c1[nH]c(I)ccc1OCc1ccccc1. The van der Waals surface area contributed by atoms with Crippen LogP contribution in [0.15, 0.2) is 47.3 Å². The maximum absolute atomic E-state index is 11.5. The van der Waals surface area contributed by atoms with Crippen LogP contribution in [0.3, 0.4) is 0 Å². The van der Waals surface area contributed by atoms with Crippen molar-refractivity contribution in [1.82, 2.24) is 4.98 Å². The monoisotopic (exact) mass is 327 g/mol. The van der Waals surface area contributed by atoms with E-state index in [-0.39, 0.29) is 5.56 Å². The Balaban J connectivity index is 2.08. The van der Waals surface area contributed by atoms with Crippen LogP contribution in [0, 0.1) is 3.70 Å². The third-order valence-corrected chi connectivity index (χ3v) is 2.70. The minimum absolute atomic E-state index is 0.192. The standard InChI is InChI=1S/C12H10INO2/c13-11-7-6-10(12(15)14-11)16-8-9-4-2-1-3-5-9/h1-7H,8H2,(H,14,15). The molecule has 16 heavy (non-hydrogen) atoms.